The van der Waals surface area contributed by atoms with Gasteiger partial charge in [-0.3, -0.25) is 4.79 Å². The first-order chi connectivity index (χ1) is 10.9. The summed E-state index contributed by atoms with van der Waals surface area (Å²) in [5, 5.41) is 8.92. The van der Waals surface area contributed by atoms with Crippen molar-refractivity contribution in [2.75, 3.05) is 40.3 Å². The van der Waals surface area contributed by atoms with E-state index in [9.17, 15) is 13.2 Å². The fraction of sp³-hybridized carbons (Fsp3) is 0.467. The number of hydrogen-bond acceptors (Lipinski definition) is 4. The van der Waals surface area contributed by atoms with Crippen LogP contribution in [0.25, 0.3) is 0 Å². The minimum absolute atomic E-state index is 0.175. The normalized spacial score (nSPS) is 16.9. The van der Waals surface area contributed by atoms with Crippen LogP contribution in [-0.2, 0) is 10.2 Å². The van der Waals surface area contributed by atoms with Gasteiger partial charge in [0.1, 0.15) is 0 Å². The van der Waals surface area contributed by atoms with Gasteiger partial charge >= 0.3 is 0 Å². The minimum atomic E-state index is -3.46. The lowest BCUT2D eigenvalue weighted by Gasteiger charge is -2.24. The van der Waals surface area contributed by atoms with E-state index < -0.39 is 10.2 Å². The van der Waals surface area contributed by atoms with Crippen molar-refractivity contribution in [1.82, 2.24) is 13.5 Å². The van der Waals surface area contributed by atoms with E-state index >= 15 is 0 Å². The van der Waals surface area contributed by atoms with Crippen LogP contribution in [0.5, 0.6) is 0 Å². The van der Waals surface area contributed by atoms with E-state index in [1.165, 1.54) is 22.7 Å². The van der Waals surface area contributed by atoms with Gasteiger partial charge in [0.05, 0.1) is 11.6 Å². The van der Waals surface area contributed by atoms with Crippen molar-refractivity contribution >= 4 is 16.1 Å². The quantitative estimate of drug-likeness (QED) is 0.805. The van der Waals surface area contributed by atoms with Gasteiger partial charge in [0, 0.05) is 45.8 Å². The molecule has 0 atom stereocenters. The van der Waals surface area contributed by atoms with Gasteiger partial charge in [-0.2, -0.15) is 22.3 Å². The molecule has 2 rings (SSSR count). The topological polar surface area (TPSA) is 84.7 Å². The Morgan fingerprint density at radius 3 is 2.61 bits per heavy atom. The zero-order valence-electron chi connectivity index (χ0n) is 13.3. The number of rotatable bonds is 3. The summed E-state index contributed by atoms with van der Waals surface area (Å²) in [6.45, 7) is 1.49. The standard InChI is InChI=1S/C15H20N4O3S/c1-17(2)23(21,22)19-8-4-7-18(9-10-19)15(20)14-6-3-5-13(11-14)12-16/h3,5-6,11H,4,7-10H2,1-2H3. The lowest BCUT2D eigenvalue weighted by molar-refractivity contribution is 0.0764. The molecule has 7 nitrogen and oxygen atoms in total. The van der Waals surface area contributed by atoms with E-state index in [0.717, 1.165) is 0 Å². The van der Waals surface area contributed by atoms with Gasteiger partial charge in [-0.05, 0) is 24.6 Å². The predicted octanol–water partition coefficient (Wildman–Crippen LogP) is 0.513. The summed E-state index contributed by atoms with van der Waals surface area (Å²) >= 11 is 0. The van der Waals surface area contributed by atoms with E-state index in [1.54, 1.807) is 29.2 Å². The first kappa shape index (κ1) is 17.4. The van der Waals surface area contributed by atoms with Crippen LogP contribution in [-0.4, -0.2) is 68.1 Å². The molecule has 0 unspecified atom stereocenters. The lowest BCUT2D eigenvalue weighted by atomic mass is 10.1. The first-order valence-electron chi connectivity index (χ1n) is 7.33. The summed E-state index contributed by atoms with van der Waals surface area (Å²) in [6, 6.07) is 8.56. The molecule has 0 saturated carbocycles. The SMILES string of the molecule is CN(C)S(=O)(=O)N1CCCN(C(=O)c2cccc(C#N)c2)CC1. The van der Waals surface area contributed by atoms with Gasteiger partial charge in [-0.15, -0.1) is 0 Å². The number of carbonyl (C=O) groups excluding carboxylic acids is 1. The van der Waals surface area contributed by atoms with Crippen LogP contribution in [0.1, 0.15) is 22.3 Å². The molecule has 0 aromatic heterocycles. The van der Waals surface area contributed by atoms with Crippen LogP contribution in [0.15, 0.2) is 24.3 Å². The van der Waals surface area contributed by atoms with Crippen LogP contribution in [0.2, 0.25) is 0 Å². The van der Waals surface area contributed by atoms with Crippen molar-refractivity contribution in [1.29, 1.82) is 5.26 Å². The zero-order chi connectivity index (χ0) is 17.0. The number of nitriles is 1. The third-order valence-electron chi connectivity index (χ3n) is 3.77. The molecule has 1 fully saturated rings. The summed E-state index contributed by atoms with van der Waals surface area (Å²) in [5.74, 6) is -0.175. The van der Waals surface area contributed by atoms with Gasteiger partial charge < -0.3 is 4.90 Å². The van der Waals surface area contributed by atoms with Crippen molar-refractivity contribution in [3.8, 4) is 6.07 Å². The summed E-state index contributed by atoms with van der Waals surface area (Å²) < 4.78 is 26.9. The molecule has 1 amide bonds. The third-order valence-corrected chi connectivity index (χ3v) is 5.71. The second kappa shape index (κ2) is 7.08. The van der Waals surface area contributed by atoms with Crippen LogP contribution >= 0.6 is 0 Å². The van der Waals surface area contributed by atoms with Crippen molar-refractivity contribution in [2.45, 2.75) is 6.42 Å². The number of nitrogens with zero attached hydrogens (tertiary/aromatic N) is 4. The van der Waals surface area contributed by atoms with Gasteiger partial charge in [0.15, 0.2) is 0 Å². The molecule has 0 radical (unpaired) electrons. The molecule has 1 saturated heterocycles. The molecular formula is C15H20N4O3S. The Morgan fingerprint density at radius 2 is 1.96 bits per heavy atom. The first-order valence-corrected chi connectivity index (χ1v) is 8.73. The van der Waals surface area contributed by atoms with Crippen LogP contribution < -0.4 is 0 Å². The van der Waals surface area contributed by atoms with Crippen LogP contribution in [0, 0.1) is 11.3 Å². The highest BCUT2D eigenvalue weighted by Crippen LogP contribution is 2.13. The van der Waals surface area contributed by atoms with E-state index in [2.05, 4.69) is 0 Å². The highest BCUT2D eigenvalue weighted by molar-refractivity contribution is 7.86. The highest BCUT2D eigenvalue weighted by atomic mass is 32.2. The average Bonchev–Trinajstić information content (AvgIpc) is 2.80. The van der Waals surface area contributed by atoms with Crippen molar-refractivity contribution < 1.29 is 13.2 Å². The minimum Gasteiger partial charge on any atom is -0.337 e. The Bertz CT molecular complexity index is 724. The molecule has 0 bridgehead atoms. The van der Waals surface area contributed by atoms with E-state index in [1.807, 2.05) is 6.07 Å². The van der Waals surface area contributed by atoms with Crippen molar-refractivity contribution in [3.63, 3.8) is 0 Å². The van der Waals surface area contributed by atoms with Gasteiger partial charge in [0.2, 0.25) is 0 Å². The predicted molar refractivity (Wildman–Crippen MR) is 85.9 cm³/mol. The highest BCUT2D eigenvalue weighted by Gasteiger charge is 2.28. The Kier molecular flexibility index (Phi) is 5.36. The number of benzene rings is 1. The van der Waals surface area contributed by atoms with Crippen molar-refractivity contribution in [2.24, 2.45) is 0 Å². The van der Waals surface area contributed by atoms with Crippen LogP contribution in [0.4, 0.5) is 0 Å². The molecule has 1 aliphatic heterocycles. The molecule has 124 valence electrons. The maximum absolute atomic E-state index is 12.5. The molecule has 1 aromatic rings. The fourth-order valence-electron chi connectivity index (χ4n) is 2.46. The average molecular weight is 336 g/mol. The second-order valence-corrected chi connectivity index (χ2v) is 7.67. The number of amides is 1. The Labute approximate surface area is 136 Å². The molecule has 1 aromatic carbocycles. The Hall–Kier alpha value is -1.95. The molecule has 0 spiro atoms. The van der Waals surface area contributed by atoms with E-state index in [4.69, 9.17) is 5.26 Å². The molecular weight excluding hydrogens is 316 g/mol. The smallest absolute Gasteiger partial charge is 0.281 e. The maximum Gasteiger partial charge on any atom is 0.281 e. The fourth-order valence-corrected chi connectivity index (χ4v) is 3.60. The second-order valence-electron chi connectivity index (χ2n) is 5.53. The molecule has 8 heteroatoms. The zero-order valence-corrected chi connectivity index (χ0v) is 14.1. The Balaban J connectivity index is 2.11. The van der Waals surface area contributed by atoms with E-state index in [-0.39, 0.29) is 12.5 Å². The number of carbonyl (C=O) groups is 1. The summed E-state index contributed by atoms with van der Waals surface area (Å²) in [5.41, 5.74) is 0.885. The van der Waals surface area contributed by atoms with Gasteiger partial charge in [0.25, 0.3) is 16.1 Å². The summed E-state index contributed by atoms with van der Waals surface area (Å²) in [4.78, 5) is 14.2. The third kappa shape index (κ3) is 3.88. The van der Waals surface area contributed by atoms with E-state index in [0.29, 0.717) is 37.2 Å². The molecule has 23 heavy (non-hydrogen) atoms. The van der Waals surface area contributed by atoms with Gasteiger partial charge in [-0.1, -0.05) is 6.07 Å². The molecule has 1 heterocycles. The summed E-state index contributed by atoms with van der Waals surface area (Å²) in [7, 11) is -0.469. The Morgan fingerprint density at radius 1 is 1.22 bits per heavy atom. The van der Waals surface area contributed by atoms with Gasteiger partial charge in [-0.25, -0.2) is 0 Å². The maximum atomic E-state index is 12.5. The van der Waals surface area contributed by atoms with Crippen molar-refractivity contribution in [3.05, 3.63) is 35.4 Å². The lowest BCUT2D eigenvalue weighted by Crippen LogP contribution is -2.42. The summed E-state index contributed by atoms with van der Waals surface area (Å²) in [6.07, 6.45) is 0.580. The largest absolute Gasteiger partial charge is 0.337 e. The number of hydrogen-bond donors (Lipinski definition) is 0. The molecule has 0 aliphatic carbocycles. The van der Waals surface area contributed by atoms with Crippen LogP contribution in [0.3, 0.4) is 0 Å². The molecule has 1 aliphatic rings. The molecule has 0 N–H and O–H groups in total. The monoisotopic (exact) mass is 336 g/mol.